The van der Waals surface area contributed by atoms with Gasteiger partial charge in [0, 0.05) is 6.08 Å². The number of hydrogen-bond donors (Lipinski definition) is 3. The molecule has 1 rings (SSSR count). The molecule has 0 saturated carbocycles. The molecule has 0 fully saturated rings. The highest BCUT2D eigenvalue weighted by molar-refractivity contribution is 5.85. The molecule has 0 atom stereocenters. The second-order valence-corrected chi connectivity index (χ2v) is 3.75. The van der Waals surface area contributed by atoms with Crippen molar-refractivity contribution >= 4 is 12.0 Å². The Bertz CT molecular complexity index is 369. The summed E-state index contributed by atoms with van der Waals surface area (Å²) in [6, 6.07) is 9.31. The molecule has 0 spiro atoms. The monoisotopic (exact) mass is 298 g/mol. The minimum Gasteiger partial charge on any atom is -0.478 e. The zero-order valence-electron chi connectivity index (χ0n) is 11.9. The van der Waals surface area contributed by atoms with Crippen LogP contribution >= 0.6 is 0 Å². The van der Waals surface area contributed by atoms with Crippen LogP contribution < -0.4 is 0 Å². The van der Waals surface area contributed by atoms with Crippen LogP contribution in [-0.2, 0) is 14.3 Å². The van der Waals surface area contributed by atoms with Gasteiger partial charge in [0.2, 0.25) is 0 Å². The molecule has 0 heterocycles. The van der Waals surface area contributed by atoms with Gasteiger partial charge in [0.15, 0.2) is 0 Å². The second-order valence-electron chi connectivity index (χ2n) is 3.75. The summed E-state index contributed by atoms with van der Waals surface area (Å²) in [6.07, 6.45) is 2.68. The van der Waals surface area contributed by atoms with Crippen LogP contribution in [0.15, 0.2) is 36.4 Å². The van der Waals surface area contributed by atoms with Gasteiger partial charge >= 0.3 is 5.97 Å². The Kier molecular flexibility index (Phi) is 13.5. The van der Waals surface area contributed by atoms with Gasteiger partial charge < -0.3 is 24.8 Å². The molecular weight excluding hydrogens is 276 g/mol. The highest BCUT2D eigenvalue weighted by atomic mass is 16.5. The van der Waals surface area contributed by atoms with Crippen LogP contribution in [-0.4, -0.2) is 60.9 Å². The maximum absolute atomic E-state index is 10.1. The quantitative estimate of drug-likeness (QED) is 0.461. The van der Waals surface area contributed by atoms with Gasteiger partial charge in [0.1, 0.15) is 0 Å². The predicted octanol–water partition coefficient (Wildman–Crippen LogP) is 0.789. The summed E-state index contributed by atoms with van der Waals surface area (Å²) in [5, 5.41) is 24.8. The first-order chi connectivity index (χ1) is 10.2. The van der Waals surface area contributed by atoms with Gasteiger partial charge in [-0.25, -0.2) is 4.79 Å². The third kappa shape index (κ3) is 14.5. The number of benzene rings is 1. The normalized spacial score (nSPS) is 10.2. The number of aliphatic carboxylic acids is 1. The number of ether oxygens (including phenoxy) is 2. The van der Waals surface area contributed by atoms with Crippen molar-refractivity contribution < 1.29 is 29.6 Å². The first kappa shape index (κ1) is 19.3. The van der Waals surface area contributed by atoms with E-state index in [1.807, 2.05) is 30.3 Å². The lowest BCUT2D eigenvalue weighted by molar-refractivity contribution is -0.131. The van der Waals surface area contributed by atoms with Crippen LogP contribution in [0.2, 0.25) is 0 Å². The van der Waals surface area contributed by atoms with Crippen LogP contribution in [0.3, 0.4) is 0 Å². The number of rotatable bonds is 9. The number of carboxylic acid groups (broad SMARTS) is 1. The summed E-state index contributed by atoms with van der Waals surface area (Å²) >= 11 is 0. The molecule has 0 radical (unpaired) electrons. The summed E-state index contributed by atoms with van der Waals surface area (Å²) in [7, 11) is 0. The van der Waals surface area contributed by atoms with E-state index in [9.17, 15) is 4.79 Å². The van der Waals surface area contributed by atoms with E-state index in [1.165, 1.54) is 0 Å². The van der Waals surface area contributed by atoms with E-state index >= 15 is 0 Å². The summed E-state index contributed by atoms with van der Waals surface area (Å²) in [5.74, 6) is -0.922. The smallest absolute Gasteiger partial charge is 0.328 e. The van der Waals surface area contributed by atoms with Gasteiger partial charge in [-0.3, -0.25) is 0 Å². The fraction of sp³-hybridized carbons (Fsp3) is 0.400. The van der Waals surface area contributed by atoms with E-state index in [-0.39, 0.29) is 13.2 Å². The third-order valence-electron chi connectivity index (χ3n) is 2.06. The topological polar surface area (TPSA) is 96.2 Å². The molecule has 0 bridgehead atoms. The van der Waals surface area contributed by atoms with Crippen LogP contribution in [0.25, 0.3) is 6.08 Å². The molecule has 0 aliphatic heterocycles. The number of hydrogen-bond acceptors (Lipinski definition) is 5. The van der Waals surface area contributed by atoms with E-state index in [0.29, 0.717) is 26.4 Å². The molecule has 1 aromatic carbocycles. The maximum atomic E-state index is 10.1. The summed E-state index contributed by atoms with van der Waals surface area (Å²) in [6.45, 7) is 1.73. The van der Waals surface area contributed by atoms with Crippen molar-refractivity contribution in [1.82, 2.24) is 0 Å². The molecule has 6 heteroatoms. The van der Waals surface area contributed by atoms with Crippen molar-refractivity contribution in [1.29, 1.82) is 0 Å². The van der Waals surface area contributed by atoms with Crippen molar-refractivity contribution in [3.63, 3.8) is 0 Å². The van der Waals surface area contributed by atoms with Gasteiger partial charge in [0.25, 0.3) is 0 Å². The van der Waals surface area contributed by atoms with E-state index in [4.69, 9.17) is 24.8 Å². The first-order valence-electron chi connectivity index (χ1n) is 6.54. The second kappa shape index (κ2) is 14.7. The molecule has 0 aliphatic carbocycles. The predicted molar refractivity (Wildman–Crippen MR) is 78.9 cm³/mol. The SMILES string of the molecule is O=C(O)C=Cc1ccccc1.OCCOCCOCCO. The standard InChI is InChI=1S/C9H8O2.C6H14O4/c10-9(11)7-6-8-4-2-1-3-5-8;7-1-3-9-5-6-10-4-2-8/h1-7H,(H,10,11);7-8H,1-6H2. The lowest BCUT2D eigenvalue weighted by Gasteiger charge is -2.01. The van der Waals surface area contributed by atoms with Gasteiger partial charge in [-0.05, 0) is 11.6 Å². The van der Waals surface area contributed by atoms with Crippen LogP contribution in [0.1, 0.15) is 5.56 Å². The van der Waals surface area contributed by atoms with Crippen LogP contribution in [0.5, 0.6) is 0 Å². The highest BCUT2D eigenvalue weighted by Crippen LogP contribution is 1.99. The van der Waals surface area contributed by atoms with Crippen molar-refractivity contribution in [2.24, 2.45) is 0 Å². The van der Waals surface area contributed by atoms with Crippen LogP contribution in [0, 0.1) is 0 Å². The minimum atomic E-state index is -0.922. The minimum absolute atomic E-state index is 0.0417. The van der Waals surface area contributed by atoms with E-state index in [2.05, 4.69) is 0 Å². The first-order valence-corrected chi connectivity index (χ1v) is 6.54. The maximum Gasteiger partial charge on any atom is 0.328 e. The number of aliphatic hydroxyl groups excluding tert-OH is 2. The van der Waals surface area contributed by atoms with Crippen molar-refractivity contribution in [2.45, 2.75) is 0 Å². The number of carbonyl (C=O) groups is 1. The lowest BCUT2D eigenvalue weighted by atomic mass is 10.2. The fourth-order valence-corrected chi connectivity index (χ4v) is 1.18. The molecule has 0 amide bonds. The summed E-state index contributed by atoms with van der Waals surface area (Å²) < 4.78 is 9.75. The Hall–Kier alpha value is -1.73. The van der Waals surface area contributed by atoms with Gasteiger partial charge in [-0.1, -0.05) is 30.3 Å². The summed E-state index contributed by atoms with van der Waals surface area (Å²) in [5.41, 5.74) is 0.898. The molecule has 0 unspecified atom stereocenters. The zero-order valence-corrected chi connectivity index (χ0v) is 11.9. The van der Waals surface area contributed by atoms with E-state index < -0.39 is 5.97 Å². The Balaban J connectivity index is 0.000000384. The summed E-state index contributed by atoms with van der Waals surface area (Å²) in [4.78, 5) is 10.1. The highest BCUT2D eigenvalue weighted by Gasteiger charge is 1.87. The fourth-order valence-electron chi connectivity index (χ4n) is 1.18. The molecular formula is C15H22O6. The van der Waals surface area contributed by atoms with Gasteiger partial charge in [0.05, 0.1) is 39.6 Å². The van der Waals surface area contributed by atoms with Gasteiger partial charge in [-0.2, -0.15) is 0 Å². The average molecular weight is 298 g/mol. The van der Waals surface area contributed by atoms with Crippen LogP contribution in [0.4, 0.5) is 0 Å². The number of carboxylic acids is 1. The number of aliphatic hydroxyl groups is 2. The van der Waals surface area contributed by atoms with E-state index in [1.54, 1.807) is 6.08 Å². The molecule has 1 aromatic rings. The molecule has 3 N–H and O–H groups in total. The molecule has 21 heavy (non-hydrogen) atoms. The largest absolute Gasteiger partial charge is 0.478 e. The molecule has 6 nitrogen and oxygen atoms in total. The average Bonchev–Trinajstić information content (AvgIpc) is 2.50. The Morgan fingerprint density at radius 3 is 1.90 bits per heavy atom. The van der Waals surface area contributed by atoms with E-state index in [0.717, 1.165) is 11.6 Å². The molecule has 0 saturated heterocycles. The molecule has 0 aromatic heterocycles. The van der Waals surface area contributed by atoms with Crippen molar-refractivity contribution in [2.75, 3.05) is 39.6 Å². The zero-order chi connectivity index (χ0) is 15.8. The third-order valence-corrected chi connectivity index (χ3v) is 2.06. The molecule has 0 aliphatic rings. The Labute approximate surface area is 124 Å². The molecule has 118 valence electrons. The lowest BCUT2D eigenvalue weighted by Crippen LogP contribution is -2.09. The van der Waals surface area contributed by atoms with Gasteiger partial charge in [-0.15, -0.1) is 0 Å². The Morgan fingerprint density at radius 2 is 1.48 bits per heavy atom. The Morgan fingerprint density at radius 1 is 0.952 bits per heavy atom. The van der Waals surface area contributed by atoms with Crippen molar-refractivity contribution in [3.05, 3.63) is 42.0 Å². The van der Waals surface area contributed by atoms with Crippen molar-refractivity contribution in [3.8, 4) is 0 Å².